The Bertz CT molecular complexity index is 803. The lowest BCUT2D eigenvalue weighted by Crippen LogP contribution is -2.13. The highest BCUT2D eigenvalue weighted by Gasteiger charge is 2.36. The third-order valence-electron chi connectivity index (χ3n) is 5.54. The fourth-order valence-electron chi connectivity index (χ4n) is 4.27. The number of hydrogen-bond donors (Lipinski definition) is 0. The fourth-order valence-corrected chi connectivity index (χ4v) is 4.27. The molecule has 4 rings (SSSR count). The summed E-state index contributed by atoms with van der Waals surface area (Å²) in [6.45, 7) is 2.04. The van der Waals surface area contributed by atoms with Crippen LogP contribution in [0.15, 0.2) is 42.5 Å². The van der Waals surface area contributed by atoms with Gasteiger partial charge in [0.1, 0.15) is 5.75 Å². The summed E-state index contributed by atoms with van der Waals surface area (Å²) in [6.07, 6.45) is 7.77. The van der Waals surface area contributed by atoms with Crippen LogP contribution in [0.5, 0.6) is 5.75 Å². The number of rotatable bonds is 4. The van der Waals surface area contributed by atoms with Gasteiger partial charge in [-0.15, -0.1) is 0 Å². The molecule has 23 heavy (non-hydrogen) atoms. The second-order valence-corrected chi connectivity index (χ2v) is 7.05. The number of carbonyl (C=O) groups excluding carboxylic acids is 1. The fraction of sp³-hybridized carbons (Fsp3) is 0.381. The van der Waals surface area contributed by atoms with Gasteiger partial charge < -0.3 is 4.74 Å². The number of ether oxygens (including phenoxy) is 1. The van der Waals surface area contributed by atoms with Crippen molar-refractivity contribution in [2.75, 3.05) is 7.11 Å². The summed E-state index contributed by atoms with van der Waals surface area (Å²) in [5, 5.41) is 2.23. The van der Waals surface area contributed by atoms with Crippen LogP contribution in [-0.4, -0.2) is 12.9 Å². The molecule has 2 heteroatoms. The molecule has 0 saturated heterocycles. The van der Waals surface area contributed by atoms with Crippen molar-refractivity contribution in [3.63, 3.8) is 0 Å². The van der Waals surface area contributed by atoms with E-state index in [0.29, 0.717) is 18.3 Å². The van der Waals surface area contributed by atoms with E-state index in [9.17, 15) is 4.79 Å². The first-order valence-electron chi connectivity index (χ1n) is 8.44. The zero-order valence-electron chi connectivity index (χ0n) is 13.7. The second-order valence-electron chi connectivity index (χ2n) is 7.05. The van der Waals surface area contributed by atoms with E-state index in [1.54, 1.807) is 7.11 Å². The van der Waals surface area contributed by atoms with Gasteiger partial charge in [0.15, 0.2) is 5.78 Å². The number of carbonyl (C=O) groups is 1. The van der Waals surface area contributed by atoms with Crippen LogP contribution < -0.4 is 4.74 Å². The van der Waals surface area contributed by atoms with Gasteiger partial charge in [0, 0.05) is 12.0 Å². The first-order chi connectivity index (χ1) is 11.1. The van der Waals surface area contributed by atoms with Crippen molar-refractivity contribution in [3.05, 3.63) is 53.6 Å². The maximum Gasteiger partial charge on any atom is 0.163 e. The van der Waals surface area contributed by atoms with Crippen LogP contribution in [-0.2, 0) is 0 Å². The zero-order chi connectivity index (χ0) is 16.0. The van der Waals surface area contributed by atoms with Crippen LogP contribution in [0.4, 0.5) is 0 Å². The first kappa shape index (κ1) is 14.5. The average Bonchev–Trinajstić information content (AvgIpc) is 3.16. The highest BCUT2D eigenvalue weighted by Crippen LogP contribution is 2.45. The van der Waals surface area contributed by atoms with Crippen molar-refractivity contribution in [2.24, 2.45) is 17.8 Å². The van der Waals surface area contributed by atoms with Crippen LogP contribution in [0.25, 0.3) is 10.8 Å². The van der Waals surface area contributed by atoms with Gasteiger partial charge in [0.2, 0.25) is 0 Å². The van der Waals surface area contributed by atoms with Gasteiger partial charge in [-0.05, 0) is 72.1 Å². The molecule has 2 aliphatic carbocycles. The standard InChI is InChI=1S/C21H22O2/c1-13-7-15-5-6-17(10-19(15)12-21(13)23-2)20(22)11-18-9-14-3-4-16(18)8-14/h3-7,10,12,14,16,18H,8-9,11H2,1-2H3. The largest absolute Gasteiger partial charge is 0.496 e. The van der Waals surface area contributed by atoms with Crippen molar-refractivity contribution >= 4 is 16.6 Å². The van der Waals surface area contributed by atoms with E-state index >= 15 is 0 Å². The summed E-state index contributed by atoms with van der Waals surface area (Å²) >= 11 is 0. The molecule has 0 aliphatic heterocycles. The second kappa shape index (κ2) is 5.52. The molecule has 2 aromatic rings. The summed E-state index contributed by atoms with van der Waals surface area (Å²) in [6, 6.07) is 10.2. The molecule has 3 unspecified atom stereocenters. The van der Waals surface area contributed by atoms with E-state index in [4.69, 9.17) is 4.74 Å². The molecule has 3 atom stereocenters. The number of methoxy groups -OCH3 is 1. The lowest BCUT2D eigenvalue weighted by molar-refractivity contribution is 0.0954. The highest BCUT2D eigenvalue weighted by atomic mass is 16.5. The van der Waals surface area contributed by atoms with Gasteiger partial charge in [0.25, 0.3) is 0 Å². The van der Waals surface area contributed by atoms with Crippen molar-refractivity contribution in [1.29, 1.82) is 0 Å². The molecule has 1 fully saturated rings. The molecule has 118 valence electrons. The molecule has 0 aromatic heterocycles. The Hall–Kier alpha value is -2.09. The Morgan fingerprint density at radius 3 is 2.70 bits per heavy atom. The van der Waals surface area contributed by atoms with Gasteiger partial charge >= 0.3 is 0 Å². The number of hydrogen-bond acceptors (Lipinski definition) is 2. The quantitative estimate of drug-likeness (QED) is 0.590. The number of aryl methyl sites for hydroxylation is 1. The van der Waals surface area contributed by atoms with E-state index in [2.05, 4.69) is 24.3 Å². The Morgan fingerprint density at radius 1 is 1.13 bits per heavy atom. The zero-order valence-corrected chi connectivity index (χ0v) is 13.7. The minimum absolute atomic E-state index is 0.275. The van der Waals surface area contributed by atoms with Crippen molar-refractivity contribution in [1.82, 2.24) is 0 Å². The molecule has 2 aromatic carbocycles. The van der Waals surface area contributed by atoms with E-state index < -0.39 is 0 Å². The predicted molar refractivity (Wildman–Crippen MR) is 93.0 cm³/mol. The van der Waals surface area contributed by atoms with Crippen LogP contribution in [0.3, 0.4) is 0 Å². The molecular formula is C21H22O2. The summed E-state index contributed by atoms with van der Waals surface area (Å²) < 4.78 is 5.40. The Labute approximate surface area is 137 Å². The molecular weight excluding hydrogens is 284 g/mol. The van der Waals surface area contributed by atoms with Gasteiger partial charge in [-0.3, -0.25) is 4.79 Å². The SMILES string of the molecule is COc1cc2cc(C(=O)CC3CC4C=CC3C4)ccc2cc1C. The summed E-state index contributed by atoms with van der Waals surface area (Å²) in [7, 11) is 1.69. The van der Waals surface area contributed by atoms with Crippen LogP contribution in [0.1, 0.15) is 35.2 Å². The molecule has 0 heterocycles. The third-order valence-corrected chi connectivity index (χ3v) is 5.54. The Kier molecular flexibility index (Phi) is 3.48. The van der Waals surface area contributed by atoms with E-state index in [1.807, 2.05) is 25.1 Å². The average molecular weight is 306 g/mol. The smallest absolute Gasteiger partial charge is 0.163 e. The number of ketones is 1. The van der Waals surface area contributed by atoms with Crippen molar-refractivity contribution < 1.29 is 9.53 Å². The molecule has 2 aliphatic rings. The maximum absolute atomic E-state index is 12.7. The first-order valence-corrected chi connectivity index (χ1v) is 8.44. The molecule has 2 bridgehead atoms. The van der Waals surface area contributed by atoms with Gasteiger partial charge in [0.05, 0.1) is 7.11 Å². The van der Waals surface area contributed by atoms with Crippen molar-refractivity contribution in [2.45, 2.75) is 26.2 Å². The molecule has 0 radical (unpaired) electrons. The van der Waals surface area contributed by atoms with Gasteiger partial charge in [-0.25, -0.2) is 0 Å². The van der Waals surface area contributed by atoms with Crippen LogP contribution in [0.2, 0.25) is 0 Å². The number of fused-ring (bicyclic) bond motifs is 3. The Morgan fingerprint density at radius 2 is 2.00 bits per heavy atom. The van der Waals surface area contributed by atoms with E-state index in [-0.39, 0.29) is 5.78 Å². The summed E-state index contributed by atoms with van der Waals surface area (Å²) in [4.78, 5) is 12.7. The maximum atomic E-state index is 12.7. The molecule has 0 amide bonds. The normalized spacial score (nSPS) is 25.2. The lowest BCUT2D eigenvalue weighted by Gasteiger charge is -2.17. The minimum Gasteiger partial charge on any atom is -0.496 e. The van der Waals surface area contributed by atoms with Crippen LogP contribution in [0, 0.1) is 24.7 Å². The van der Waals surface area contributed by atoms with Crippen molar-refractivity contribution in [3.8, 4) is 5.75 Å². The molecule has 0 N–H and O–H groups in total. The number of Topliss-reactive ketones (excluding diaryl/α,β-unsaturated/α-hetero) is 1. The molecule has 1 saturated carbocycles. The van der Waals surface area contributed by atoms with E-state index in [1.165, 1.54) is 12.8 Å². The summed E-state index contributed by atoms with van der Waals surface area (Å²) in [5.74, 6) is 3.05. The van der Waals surface area contributed by atoms with E-state index in [0.717, 1.165) is 33.6 Å². The van der Waals surface area contributed by atoms with Gasteiger partial charge in [-0.2, -0.15) is 0 Å². The Balaban J connectivity index is 1.59. The van der Waals surface area contributed by atoms with Crippen LogP contribution >= 0.6 is 0 Å². The highest BCUT2D eigenvalue weighted by molar-refractivity contribution is 6.00. The molecule has 0 spiro atoms. The predicted octanol–water partition coefficient (Wildman–Crippen LogP) is 4.94. The number of benzene rings is 2. The van der Waals surface area contributed by atoms with Gasteiger partial charge in [-0.1, -0.05) is 24.3 Å². The third kappa shape index (κ3) is 2.56. The number of allylic oxidation sites excluding steroid dienone is 2. The lowest BCUT2D eigenvalue weighted by atomic mass is 9.87. The monoisotopic (exact) mass is 306 g/mol. The minimum atomic E-state index is 0.275. The topological polar surface area (TPSA) is 26.3 Å². The molecule has 2 nitrogen and oxygen atoms in total. The summed E-state index contributed by atoms with van der Waals surface area (Å²) in [5.41, 5.74) is 1.95.